The summed E-state index contributed by atoms with van der Waals surface area (Å²) >= 11 is 0. The first-order chi connectivity index (χ1) is 8.65. The number of likely N-dealkylation sites (tertiary alicyclic amines) is 2. The molecule has 0 aromatic rings. The summed E-state index contributed by atoms with van der Waals surface area (Å²) in [7, 11) is 2.25. The summed E-state index contributed by atoms with van der Waals surface area (Å²) < 4.78 is 0. The van der Waals surface area contributed by atoms with Gasteiger partial charge >= 0.3 is 0 Å². The molecule has 2 aliphatic heterocycles. The molecule has 2 rings (SSSR count). The topological polar surface area (TPSA) is 18.5 Å². The Morgan fingerprint density at radius 1 is 1.11 bits per heavy atom. The average Bonchev–Trinajstić information content (AvgIpc) is 2.78. The summed E-state index contributed by atoms with van der Waals surface area (Å²) in [6, 6.07) is 0.872. The standard InChI is InChI=1S/C15H31N3/c1-13(2)10-16-11-14-4-9-18(12-14)15-5-7-17(3)8-6-15/h13-16H,4-12H2,1-3H3. The number of piperidine rings is 1. The molecule has 106 valence electrons. The Morgan fingerprint density at radius 2 is 1.83 bits per heavy atom. The summed E-state index contributed by atoms with van der Waals surface area (Å²) in [5.41, 5.74) is 0. The van der Waals surface area contributed by atoms with Crippen molar-refractivity contribution >= 4 is 0 Å². The van der Waals surface area contributed by atoms with E-state index in [2.05, 4.69) is 36.0 Å². The maximum absolute atomic E-state index is 3.62. The molecule has 2 saturated heterocycles. The van der Waals surface area contributed by atoms with Crippen molar-refractivity contribution in [1.29, 1.82) is 0 Å². The van der Waals surface area contributed by atoms with Crippen molar-refractivity contribution < 1.29 is 0 Å². The molecule has 0 amide bonds. The van der Waals surface area contributed by atoms with Gasteiger partial charge < -0.3 is 10.2 Å². The maximum atomic E-state index is 3.62. The lowest BCUT2D eigenvalue weighted by Gasteiger charge is -2.35. The van der Waals surface area contributed by atoms with E-state index in [-0.39, 0.29) is 0 Å². The van der Waals surface area contributed by atoms with E-state index >= 15 is 0 Å². The summed E-state index contributed by atoms with van der Waals surface area (Å²) in [6.07, 6.45) is 4.16. The first-order valence-corrected chi connectivity index (χ1v) is 7.78. The Kier molecular flexibility index (Phi) is 5.46. The van der Waals surface area contributed by atoms with E-state index in [1.165, 1.54) is 58.5 Å². The van der Waals surface area contributed by atoms with Crippen LogP contribution in [0.15, 0.2) is 0 Å². The van der Waals surface area contributed by atoms with Crippen LogP contribution < -0.4 is 5.32 Å². The highest BCUT2D eigenvalue weighted by molar-refractivity contribution is 4.85. The van der Waals surface area contributed by atoms with Crippen LogP contribution in [-0.2, 0) is 0 Å². The van der Waals surface area contributed by atoms with E-state index in [1.54, 1.807) is 0 Å². The highest BCUT2D eigenvalue weighted by atomic mass is 15.2. The van der Waals surface area contributed by atoms with Crippen molar-refractivity contribution in [2.45, 2.75) is 39.2 Å². The molecule has 0 aromatic carbocycles. The lowest BCUT2D eigenvalue weighted by Crippen LogP contribution is -2.43. The molecule has 2 aliphatic rings. The number of hydrogen-bond acceptors (Lipinski definition) is 3. The molecule has 2 fully saturated rings. The molecule has 0 spiro atoms. The third kappa shape index (κ3) is 4.22. The van der Waals surface area contributed by atoms with Crippen LogP contribution in [0.5, 0.6) is 0 Å². The predicted octanol–water partition coefficient (Wildman–Crippen LogP) is 1.65. The van der Waals surface area contributed by atoms with Crippen LogP contribution in [0.2, 0.25) is 0 Å². The van der Waals surface area contributed by atoms with Crippen molar-refractivity contribution in [1.82, 2.24) is 15.1 Å². The maximum Gasteiger partial charge on any atom is 0.0120 e. The smallest absolute Gasteiger partial charge is 0.0120 e. The summed E-state index contributed by atoms with van der Waals surface area (Å²) in [6.45, 7) is 12.2. The van der Waals surface area contributed by atoms with Crippen molar-refractivity contribution in [2.24, 2.45) is 11.8 Å². The van der Waals surface area contributed by atoms with E-state index in [0.29, 0.717) is 0 Å². The largest absolute Gasteiger partial charge is 0.316 e. The van der Waals surface area contributed by atoms with E-state index in [4.69, 9.17) is 0 Å². The quantitative estimate of drug-likeness (QED) is 0.804. The molecular formula is C15H31N3. The number of nitrogens with zero attached hydrogens (tertiary/aromatic N) is 2. The van der Waals surface area contributed by atoms with Gasteiger partial charge in [-0.3, -0.25) is 4.90 Å². The van der Waals surface area contributed by atoms with E-state index < -0.39 is 0 Å². The molecule has 1 unspecified atom stereocenters. The second-order valence-electron chi connectivity index (χ2n) is 6.74. The first-order valence-electron chi connectivity index (χ1n) is 7.78. The van der Waals surface area contributed by atoms with Gasteiger partial charge in [-0.15, -0.1) is 0 Å². The van der Waals surface area contributed by atoms with Gasteiger partial charge in [0.25, 0.3) is 0 Å². The molecule has 0 radical (unpaired) electrons. The molecule has 3 nitrogen and oxygen atoms in total. The van der Waals surface area contributed by atoms with Crippen molar-refractivity contribution in [3.8, 4) is 0 Å². The molecule has 0 aromatic heterocycles. The van der Waals surface area contributed by atoms with Gasteiger partial charge in [0.05, 0.1) is 0 Å². The van der Waals surface area contributed by atoms with Crippen LogP contribution in [0.4, 0.5) is 0 Å². The molecular weight excluding hydrogens is 222 g/mol. The zero-order chi connectivity index (χ0) is 13.0. The average molecular weight is 253 g/mol. The van der Waals surface area contributed by atoms with Gasteiger partial charge in [0, 0.05) is 12.6 Å². The Labute approximate surface area is 113 Å². The Bertz CT molecular complexity index is 234. The van der Waals surface area contributed by atoms with Crippen LogP contribution in [0.1, 0.15) is 33.1 Å². The van der Waals surface area contributed by atoms with Crippen LogP contribution in [-0.4, -0.2) is 62.2 Å². The second kappa shape index (κ2) is 6.88. The van der Waals surface area contributed by atoms with E-state index in [0.717, 1.165) is 17.9 Å². The number of nitrogens with one attached hydrogen (secondary N) is 1. The Morgan fingerprint density at radius 3 is 2.50 bits per heavy atom. The third-order valence-electron chi connectivity index (χ3n) is 4.51. The minimum absolute atomic E-state index is 0.774. The fraction of sp³-hybridized carbons (Fsp3) is 1.00. The Balaban J connectivity index is 1.65. The normalized spacial score (nSPS) is 28.3. The van der Waals surface area contributed by atoms with E-state index in [9.17, 15) is 0 Å². The first kappa shape index (κ1) is 14.3. The lowest BCUT2D eigenvalue weighted by atomic mass is 10.0. The summed E-state index contributed by atoms with van der Waals surface area (Å²) in [5, 5.41) is 3.62. The van der Waals surface area contributed by atoms with Gasteiger partial charge in [-0.25, -0.2) is 0 Å². The van der Waals surface area contributed by atoms with Crippen LogP contribution in [0.3, 0.4) is 0 Å². The van der Waals surface area contributed by atoms with Gasteiger partial charge in [-0.05, 0) is 70.9 Å². The third-order valence-corrected chi connectivity index (χ3v) is 4.51. The number of rotatable bonds is 5. The molecule has 0 saturated carbocycles. The monoisotopic (exact) mass is 253 g/mol. The van der Waals surface area contributed by atoms with Crippen molar-refractivity contribution in [3.05, 3.63) is 0 Å². The van der Waals surface area contributed by atoms with Gasteiger partial charge in [0.1, 0.15) is 0 Å². The molecule has 3 heteroatoms. The molecule has 18 heavy (non-hydrogen) atoms. The minimum Gasteiger partial charge on any atom is -0.316 e. The highest BCUT2D eigenvalue weighted by Gasteiger charge is 2.29. The second-order valence-corrected chi connectivity index (χ2v) is 6.74. The molecule has 1 N–H and O–H groups in total. The number of hydrogen-bond donors (Lipinski definition) is 1. The van der Waals surface area contributed by atoms with Gasteiger partial charge in [-0.2, -0.15) is 0 Å². The summed E-state index contributed by atoms with van der Waals surface area (Å²) in [4.78, 5) is 5.23. The van der Waals surface area contributed by atoms with Crippen LogP contribution in [0, 0.1) is 11.8 Å². The van der Waals surface area contributed by atoms with Crippen LogP contribution in [0.25, 0.3) is 0 Å². The minimum atomic E-state index is 0.774. The zero-order valence-electron chi connectivity index (χ0n) is 12.5. The van der Waals surface area contributed by atoms with Crippen molar-refractivity contribution in [2.75, 3.05) is 46.3 Å². The molecule has 0 aliphatic carbocycles. The van der Waals surface area contributed by atoms with Gasteiger partial charge in [0.15, 0.2) is 0 Å². The Hall–Kier alpha value is -0.120. The summed E-state index contributed by atoms with van der Waals surface area (Å²) in [5.74, 6) is 1.67. The molecule has 0 bridgehead atoms. The fourth-order valence-electron chi connectivity index (χ4n) is 3.30. The van der Waals surface area contributed by atoms with Crippen molar-refractivity contribution in [3.63, 3.8) is 0 Å². The fourth-order valence-corrected chi connectivity index (χ4v) is 3.30. The van der Waals surface area contributed by atoms with Gasteiger partial charge in [-0.1, -0.05) is 13.8 Å². The van der Waals surface area contributed by atoms with E-state index in [1.807, 2.05) is 0 Å². The van der Waals surface area contributed by atoms with Crippen LogP contribution >= 0.6 is 0 Å². The molecule has 2 heterocycles. The lowest BCUT2D eigenvalue weighted by molar-refractivity contribution is 0.140. The predicted molar refractivity (Wildman–Crippen MR) is 77.9 cm³/mol. The highest BCUT2D eigenvalue weighted by Crippen LogP contribution is 2.23. The SMILES string of the molecule is CC(C)CNCC1CCN(C2CCN(C)CC2)C1. The van der Waals surface area contributed by atoms with Gasteiger partial charge in [0.2, 0.25) is 0 Å². The molecule has 1 atom stereocenters. The zero-order valence-corrected chi connectivity index (χ0v) is 12.5.